The quantitative estimate of drug-likeness (QED) is 0.621. The maximum absolute atomic E-state index is 13.2. The van der Waals surface area contributed by atoms with Gasteiger partial charge in [0.15, 0.2) is 0 Å². The molecule has 0 saturated carbocycles. The minimum atomic E-state index is -2.82. The molecule has 4 heteroatoms. The van der Waals surface area contributed by atoms with E-state index >= 15 is 0 Å². The Labute approximate surface area is 142 Å². The average Bonchev–Trinajstić information content (AvgIpc) is 2.51. The third-order valence-electron chi connectivity index (χ3n) is 3.94. The number of rotatable bonds is 4. The van der Waals surface area contributed by atoms with Crippen molar-refractivity contribution in [3.8, 4) is 0 Å². The predicted molar refractivity (Wildman–Crippen MR) is 95.6 cm³/mol. The Hall–Kier alpha value is -2.23. The van der Waals surface area contributed by atoms with E-state index in [4.69, 9.17) is 5.73 Å². The molecule has 0 spiro atoms. The van der Waals surface area contributed by atoms with Crippen LogP contribution in [-0.2, 0) is 17.9 Å². The van der Waals surface area contributed by atoms with E-state index in [0.717, 1.165) is 18.1 Å². The summed E-state index contributed by atoms with van der Waals surface area (Å²) in [5, 5.41) is 0. The number of hydrogen-bond acceptors (Lipinski definition) is 1. The molecule has 2 rings (SSSR count). The van der Waals surface area contributed by atoms with Crippen LogP contribution in [0.25, 0.3) is 0 Å². The Bertz CT molecular complexity index is 703. The van der Waals surface area contributed by atoms with E-state index in [1.165, 1.54) is 17.7 Å². The Morgan fingerprint density at radius 2 is 1.38 bits per heavy atom. The lowest BCUT2D eigenvalue weighted by Gasteiger charge is -2.19. The van der Waals surface area contributed by atoms with E-state index in [9.17, 15) is 8.78 Å². The highest BCUT2D eigenvalue weighted by atomic mass is 19.3. The number of alkyl halides is 2. The van der Waals surface area contributed by atoms with Crippen LogP contribution in [0.1, 0.15) is 49.9 Å². The first kappa shape index (κ1) is 18.1. The van der Waals surface area contributed by atoms with E-state index in [0.29, 0.717) is 12.4 Å². The van der Waals surface area contributed by atoms with E-state index in [2.05, 4.69) is 37.9 Å². The van der Waals surface area contributed by atoms with Crippen molar-refractivity contribution in [1.29, 1.82) is 0 Å². The summed E-state index contributed by atoms with van der Waals surface area (Å²) in [6.07, 6.45) is 0. The Morgan fingerprint density at radius 1 is 0.875 bits per heavy atom. The van der Waals surface area contributed by atoms with Gasteiger partial charge in [-0.2, -0.15) is 0 Å². The van der Waals surface area contributed by atoms with E-state index in [1.807, 2.05) is 12.1 Å². The molecule has 0 aliphatic rings. The summed E-state index contributed by atoms with van der Waals surface area (Å²) in [5.41, 5.74) is 9.06. The van der Waals surface area contributed by atoms with Gasteiger partial charge in [0.2, 0.25) is 0 Å². The van der Waals surface area contributed by atoms with Crippen LogP contribution >= 0.6 is 0 Å². The largest absolute Gasteiger partial charge is 0.383 e. The Morgan fingerprint density at radius 3 is 1.83 bits per heavy atom. The van der Waals surface area contributed by atoms with Crippen LogP contribution in [0.15, 0.2) is 53.5 Å². The van der Waals surface area contributed by atoms with Crippen LogP contribution in [0.2, 0.25) is 0 Å². The smallest absolute Gasteiger partial charge is 0.270 e. The van der Waals surface area contributed by atoms with Gasteiger partial charge in [0.25, 0.3) is 5.92 Å². The minimum absolute atomic E-state index is 0.000899. The number of amidine groups is 1. The molecule has 0 aliphatic carbocycles. The van der Waals surface area contributed by atoms with Crippen molar-refractivity contribution in [2.75, 3.05) is 0 Å². The van der Waals surface area contributed by atoms with Crippen LogP contribution < -0.4 is 5.73 Å². The molecule has 0 aliphatic heterocycles. The molecule has 0 radical (unpaired) electrons. The van der Waals surface area contributed by atoms with Gasteiger partial charge in [-0.3, -0.25) is 4.99 Å². The lowest BCUT2D eigenvalue weighted by molar-refractivity contribution is 0.0174. The summed E-state index contributed by atoms with van der Waals surface area (Å²) in [4.78, 5) is 4.36. The predicted octanol–water partition coefficient (Wildman–Crippen LogP) is 5.00. The highest BCUT2D eigenvalue weighted by Gasteiger charge is 2.23. The minimum Gasteiger partial charge on any atom is -0.383 e. The standard InChI is InChI=1S/C20H24F2N2/c1-19(2,3)16-11-7-15(8-12-16)18(23)24-13-14-5-9-17(10-6-14)20(4,21)22/h5-12H,13H2,1-4H3,(H2,23,24). The molecule has 0 atom stereocenters. The Balaban J connectivity index is 2.09. The summed E-state index contributed by atoms with van der Waals surface area (Å²) in [7, 11) is 0. The number of halogens is 2. The molecule has 2 nitrogen and oxygen atoms in total. The van der Waals surface area contributed by atoms with Gasteiger partial charge in [-0.15, -0.1) is 0 Å². The maximum atomic E-state index is 13.2. The molecule has 0 aromatic heterocycles. The molecule has 0 heterocycles. The fourth-order valence-electron chi connectivity index (χ4n) is 2.31. The SMILES string of the molecule is CC(C)(C)c1ccc(C(N)=NCc2ccc(C(C)(F)F)cc2)cc1. The Kier molecular flexibility index (Phi) is 5.07. The number of nitrogens with zero attached hydrogens (tertiary/aromatic N) is 1. The van der Waals surface area contributed by atoms with Crippen molar-refractivity contribution in [3.05, 3.63) is 70.8 Å². The van der Waals surface area contributed by atoms with Gasteiger partial charge in [-0.1, -0.05) is 69.3 Å². The lowest BCUT2D eigenvalue weighted by Crippen LogP contribution is -2.15. The zero-order valence-electron chi connectivity index (χ0n) is 14.6. The monoisotopic (exact) mass is 330 g/mol. The summed E-state index contributed by atoms with van der Waals surface area (Å²) >= 11 is 0. The van der Waals surface area contributed by atoms with Crippen LogP contribution in [0.5, 0.6) is 0 Å². The molecule has 24 heavy (non-hydrogen) atoms. The van der Waals surface area contributed by atoms with Crippen molar-refractivity contribution in [2.24, 2.45) is 10.7 Å². The zero-order chi connectivity index (χ0) is 18.0. The molecule has 2 N–H and O–H groups in total. The van der Waals surface area contributed by atoms with Crippen molar-refractivity contribution < 1.29 is 8.78 Å². The molecule has 2 aromatic carbocycles. The van der Waals surface area contributed by atoms with E-state index in [-0.39, 0.29) is 11.0 Å². The summed E-state index contributed by atoms with van der Waals surface area (Å²) in [6.45, 7) is 7.72. The van der Waals surface area contributed by atoms with Crippen molar-refractivity contribution in [1.82, 2.24) is 0 Å². The number of nitrogens with two attached hydrogens (primary N) is 1. The fourth-order valence-corrected chi connectivity index (χ4v) is 2.31. The van der Waals surface area contributed by atoms with Crippen LogP contribution in [0.4, 0.5) is 8.78 Å². The summed E-state index contributed by atoms with van der Waals surface area (Å²) in [5.74, 6) is -2.38. The first-order chi connectivity index (χ1) is 11.1. The number of hydrogen-bond donors (Lipinski definition) is 1. The first-order valence-corrected chi connectivity index (χ1v) is 7.95. The van der Waals surface area contributed by atoms with Gasteiger partial charge in [-0.25, -0.2) is 8.78 Å². The molecule has 0 unspecified atom stereocenters. The second-order valence-corrected chi connectivity index (χ2v) is 7.11. The molecular weight excluding hydrogens is 306 g/mol. The van der Waals surface area contributed by atoms with Crippen molar-refractivity contribution in [2.45, 2.75) is 45.6 Å². The topological polar surface area (TPSA) is 38.4 Å². The van der Waals surface area contributed by atoms with E-state index in [1.54, 1.807) is 12.1 Å². The third kappa shape index (κ3) is 4.63. The van der Waals surface area contributed by atoms with Crippen LogP contribution in [-0.4, -0.2) is 5.84 Å². The first-order valence-electron chi connectivity index (χ1n) is 7.95. The summed E-state index contributed by atoms with van der Waals surface area (Å²) in [6, 6.07) is 14.2. The molecule has 0 bridgehead atoms. The van der Waals surface area contributed by atoms with Crippen molar-refractivity contribution >= 4 is 5.84 Å². The van der Waals surface area contributed by atoms with Gasteiger partial charge in [0, 0.05) is 18.1 Å². The van der Waals surface area contributed by atoms with Gasteiger partial charge in [0.1, 0.15) is 5.84 Å². The highest BCUT2D eigenvalue weighted by Crippen LogP contribution is 2.27. The normalized spacial score (nSPS) is 13.2. The molecular formula is C20H24F2N2. The van der Waals surface area contributed by atoms with Gasteiger partial charge in [0.05, 0.1) is 6.54 Å². The van der Waals surface area contributed by atoms with Crippen LogP contribution in [0.3, 0.4) is 0 Å². The number of benzene rings is 2. The second kappa shape index (κ2) is 6.71. The molecule has 2 aromatic rings. The molecule has 0 saturated heterocycles. The molecule has 0 fully saturated rings. The maximum Gasteiger partial charge on any atom is 0.270 e. The lowest BCUT2D eigenvalue weighted by atomic mass is 9.86. The third-order valence-corrected chi connectivity index (χ3v) is 3.94. The average molecular weight is 330 g/mol. The van der Waals surface area contributed by atoms with Crippen LogP contribution in [0, 0.1) is 0 Å². The fraction of sp³-hybridized carbons (Fsp3) is 0.350. The zero-order valence-corrected chi connectivity index (χ0v) is 14.6. The highest BCUT2D eigenvalue weighted by molar-refractivity contribution is 5.97. The van der Waals surface area contributed by atoms with Crippen molar-refractivity contribution in [3.63, 3.8) is 0 Å². The molecule has 0 amide bonds. The van der Waals surface area contributed by atoms with Gasteiger partial charge in [-0.05, 0) is 16.5 Å². The number of aliphatic imine (C=N–C) groups is 1. The second-order valence-electron chi connectivity index (χ2n) is 7.11. The van der Waals surface area contributed by atoms with Gasteiger partial charge >= 0.3 is 0 Å². The summed E-state index contributed by atoms with van der Waals surface area (Å²) < 4.78 is 26.4. The van der Waals surface area contributed by atoms with Gasteiger partial charge < -0.3 is 5.73 Å². The molecule has 128 valence electrons. The van der Waals surface area contributed by atoms with E-state index < -0.39 is 5.92 Å².